The fraction of sp³-hybridized carbons (Fsp3) is 0. The molecule has 0 amide bonds. The van der Waals surface area contributed by atoms with E-state index in [0.717, 1.165) is 24.3 Å². The van der Waals surface area contributed by atoms with Crippen molar-refractivity contribution < 1.29 is 26.3 Å². The zero-order valence-corrected chi connectivity index (χ0v) is 12.4. The Hall–Kier alpha value is -1.03. The first-order chi connectivity index (χ1) is 9.79. The molecule has 0 aliphatic rings. The minimum Gasteiger partial charge on any atom is -0.768 e. The van der Waals surface area contributed by atoms with E-state index in [9.17, 15) is 26.3 Å². The van der Waals surface area contributed by atoms with Crippen molar-refractivity contribution in [2.45, 2.75) is 19.6 Å². The lowest BCUT2D eigenvalue weighted by atomic mass is 10.3. The van der Waals surface area contributed by atoms with E-state index in [1.807, 2.05) is 0 Å². The molecule has 9 heteroatoms. The summed E-state index contributed by atoms with van der Waals surface area (Å²) in [5.74, 6) is -4.40. The maximum atomic E-state index is 13.5. The molecule has 2 rings (SSSR count). The van der Waals surface area contributed by atoms with E-state index in [-0.39, 0.29) is 9.79 Å². The van der Waals surface area contributed by atoms with Crippen LogP contribution in [0.3, 0.4) is 0 Å². The molecule has 0 bridgehead atoms. The van der Waals surface area contributed by atoms with E-state index >= 15 is 0 Å². The molecule has 2 aromatic rings. The van der Waals surface area contributed by atoms with E-state index < -0.39 is 44.1 Å². The molecule has 1 unspecified atom stereocenters. The molecule has 0 N–H and O–H groups in total. The minimum absolute atomic E-state index is 0.0371. The van der Waals surface area contributed by atoms with Crippen LogP contribution in [0.4, 0.5) is 17.6 Å². The summed E-state index contributed by atoms with van der Waals surface area (Å²) in [6.45, 7) is 0. The van der Waals surface area contributed by atoms with Crippen molar-refractivity contribution in [1.29, 1.82) is 0 Å². The molecule has 2 aromatic carbocycles. The molecule has 0 aliphatic heterocycles. The van der Waals surface area contributed by atoms with E-state index in [2.05, 4.69) is 12.6 Å². The van der Waals surface area contributed by atoms with E-state index in [4.69, 9.17) is 0 Å². The van der Waals surface area contributed by atoms with Gasteiger partial charge in [0.05, 0.1) is 9.79 Å². The predicted octanol–water partition coefficient (Wildman–Crippen LogP) is 3.92. The van der Waals surface area contributed by atoms with Gasteiger partial charge in [0.15, 0.2) is 0 Å². The quantitative estimate of drug-likeness (QED) is 0.516. The number of rotatable bonds is 3. The highest BCUT2D eigenvalue weighted by Gasteiger charge is 2.14. The van der Waals surface area contributed by atoms with Gasteiger partial charge in [0.1, 0.15) is 23.3 Å². The van der Waals surface area contributed by atoms with Crippen LogP contribution < -0.4 is 0 Å². The number of hydrogen-bond donors (Lipinski definition) is 1. The highest BCUT2D eigenvalue weighted by molar-refractivity contribution is 7.99. The van der Waals surface area contributed by atoms with Crippen LogP contribution >= 0.6 is 24.4 Å². The largest absolute Gasteiger partial charge is 0.768 e. The SMILES string of the molecule is O=S([O-])c1c(F)cc(Sc2cc(F)c(S)c(F)c2)cc1F. The topological polar surface area (TPSA) is 40.1 Å². The maximum Gasteiger partial charge on any atom is 0.142 e. The Labute approximate surface area is 129 Å². The lowest BCUT2D eigenvalue weighted by Gasteiger charge is -2.10. The zero-order valence-electron chi connectivity index (χ0n) is 9.90. The normalized spacial score (nSPS) is 12.5. The van der Waals surface area contributed by atoms with Gasteiger partial charge in [-0.3, -0.25) is 4.21 Å². The molecule has 0 fully saturated rings. The van der Waals surface area contributed by atoms with Crippen LogP contribution in [0.25, 0.3) is 0 Å². The Balaban J connectivity index is 2.39. The molecule has 112 valence electrons. The summed E-state index contributed by atoms with van der Waals surface area (Å²) in [5.41, 5.74) is 0. The third-order valence-corrected chi connectivity index (χ3v) is 4.46. The fourth-order valence-electron chi connectivity index (χ4n) is 1.49. The monoisotopic (exact) mass is 353 g/mol. The first-order valence-corrected chi connectivity index (χ1v) is 7.57. The number of benzene rings is 2. The molecule has 21 heavy (non-hydrogen) atoms. The van der Waals surface area contributed by atoms with Gasteiger partial charge in [-0.05, 0) is 35.3 Å². The zero-order chi connectivity index (χ0) is 15.7. The van der Waals surface area contributed by atoms with Crippen LogP contribution in [0.2, 0.25) is 0 Å². The van der Waals surface area contributed by atoms with Gasteiger partial charge in [0, 0.05) is 9.79 Å². The molecule has 0 aliphatic carbocycles. The van der Waals surface area contributed by atoms with Crippen molar-refractivity contribution in [3.63, 3.8) is 0 Å². The Morgan fingerprint density at radius 2 is 1.29 bits per heavy atom. The first kappa shape index (κ1) is 16.3. The second-order valence-electron chi connectivity index (χ2n) is 3.79. The van der Waals surface area contributed by atoms with Crippen molar-refractivity contribution in [2.75, 3.05) is 0 Å². The van der Waals surface area contributed by atoms with E-state index in [1.165, 1.54) is 0 Å². The summed E-state index contributed by atoms with van der Waals surface area (Å²) in [4.78, 5) is -1.53. The van der Waals surface area contributed by atoms with Crippen LogP contribution in [-0.2, 0) is 11.1 Å². The number of halogens is 4. The van der Waals surface area contributed by atoms with Crippen LogP contribution in [0.1, 0.15) is 0 Å². The molecule has 2 nitrogen and oxygen atoms in total. The molecule has 0 radical (unpaired) electrons. The van der Waals surface area contributed by atoms with Gasteiger partial charge in [-0.1, -0.05) is 11.8 Å². The Morgan fingerprint density at radius 3 is 1.67 bits per heavy atom. The third kappa shape index (κ3) is 3.60. The van der Waals surface area contributed by atoms with E-state index in [1.54, 1.807) is 0 Å². The summed E-state index contributed by atoms with van der Waals surface area (Å²) in [6.07, 6.45) is 0. The van der Waals surface area contributed by atoms with Gasteiger partial charge in [0.25, 0.3) is 0 Å². The number of hydrogen-bond acceptors (Lipinski definition) is 4. The first-order valence-electron chi connectivity index (χ1n) is 5.23. The Kier molecular flexibility index (Phi) is 4.97. The number of thiol groups is 1. The smallest absolute Gasteiger partial charge is 0.142 e. The molecule has 0 heterocycles. The van der Waals surface area contributed by atoms with Gasteiger partial charge in [-0.25, -0.2) is 17.6 Å². The second-order valence-corrected chi connectivity index (χ2v) is 6.26. The van der Waals surface area contributed by atoms with Crippen LogP contribution in [0, 0.1) is 23.3 Å². The predicted molar refractivity (Wildman–Crippen MR) is 71.3 cm³/mol. The molecular formula is C12H5F4O2S3-. The van der Waals surface area contributed by atoms with E-state index in [0.29, 0.717) is 11.8 Å². The van der Waals surface area contributed by atoms with Gasteiger partial charge in [-0.2, -0.15) is 0 Å². The van der Waals surface area contributed by atoms with Crippen LogP contribution in [-0.4, -0.2) is 8.76 Å². The molecule has 1 atom stereocenters. The molecule has 0 saturated carbocycles. The van der Waals surface area contributed by atoms with Crippen molar-refractivity contribution in [1.82, 2.24) is 0 Å². The Morgan fingerprint density at radius 1 is 0.905 bits per heavy atom. The van der Waals surface area contributed by atoms with Gasteiger partial charge in [0.2, 0.25) is 0 Å². The van der Waals surface area contributed by atoms with Gasteiger partial charge >= 0.3 is 0 Å². The third-order valence-electron chi connectivity index (χ3n) is 2.36. The molecular weight excluding hydrogens is 348 g/mol. The summed E-state index contributed by atoms with van der Waals surface area (Å²) in [5, 5.41) is 0. The molecule has 0 spiro atoms. The highest BCUT2D eigenvalue weighted by atomic mass is 32.2. The van der Waals surface area contributed by atoms with Gasteiger partial charge in [-0.15, -0.1) is 12.6 Å². The van der Waals surface area contributed by atoms with Crippen LogP contribution in [0.15, 0.2) is 43.8 Å². The summed E-state index contributed by atoms with van der Waals surface area (Å²) in [7, 11) is 0. The summed E-state index contributed by atoms with van der Waals surface area (Å²) >= 11 is 1.23. The molecule has 0 aromatic heterocycles. The van der Waals surface area contributed by atoms with Crippen molar-refractivity contribution in [3.05, 3.63) is 47.5 Å². The average Bonchev–Trinajstić information content (AvgIpc) is 2.34. The standard InChI is InChI=1S/C12H6F4O2S3/c13-7-1-5(2-8(14)11(7)19)20-6-3-9(15)12(21(17)18)10(16)4-6/h1-4,19H,(H,17,18)/p-1. The van der Waals surface area contributed by atoms with Gasteiger partial charge < -0.3 is 4.55 Å². The molecule has 0 saturated heterocycles. The van der Waals surface area contributed by atoms with Crippen molar-refractivity contribution in [3.8, 4) is 0 Å². The van der Waals surface area contributed by atoms with Crippen molar-refractivity contribution in [2.24, 2.45) is 0 Å². The minimum atomic E-state index is -3.06. The maximum absolute atomic E-state index is 13.5. The summed E-state index contributed by atoms with van der Waals surface area (Å²) in [6, 6.07) is 3.43. The lowest BCUT2D eigenvalue weighted by molar-refractivity contribution is 0.492. The van der Waals surface area contributed by atoms with Crippen molar-refractivity contribution >= 4 is 35.5 Å². The second kappa shape index (κ2) is 6.39. The highest BCUT2D eigenvalue weighted by Crippen LogP contribution is 2.33. The van der Waals surface area contributed by atoms with Crippen LogP contribution in [0.5, 0.6) is 0 Å². The lowest BCUT2D eigenvalue weighted by Crippen LogP contribution is -1.99. The summed E-state index contributed by atoms with van der Waals surface area (Å²) < 4.78 is 74.9. The average molecular weight is 353 g/mol. The Bertz CT molecular complexity index is 690. The fourth-order valence-corrected chi connectivity index (χ4v) is 2.98.